The molecule has 0 saturated carbocycles. The lowest BCUT2D eigenvalue weighted by Crippen LogP contribution is -2.40. The van der Waals surface area contributed by atoms with Gasteiger partial charge in [0.25, 0.3) is 5.91 Å². The molecule has 182 valence electrons. The van der Waals surface area contributed by atoms with Crippen LogP contribution in [-0.4, -0.2) is 23.5 Å². The van der Waals surface area contributed by atoms with Gasteiger partial charge in [-0.2, -0.15) is 0 Å². The third kappa shape index (κ3) is 4.76. The van der Waals surface area contributed by atoms with Gasteiger partial charge in [0.1, 0.15) is 23.3 Å². The SMILES string of the molecule is CC1(CO)C(=O)N(Cc2cc(F)cc(F)c2)c2cc(C(=O)NCc3ccc(F)cc3F)cc(I)c21. The number of halogens is 5. The number of hydrogen-bond donors (Lipinski definition) is 2. The molecule has 5 nitrogen and oxygen atoms in total. The summed E-state index contributed by atoms with van der Waals surface area (Å²) in [5, 5.41) is 12.6. The maximum Gasteiger partial charge on any atom is 0.251 e. The van der Waals surface area contributed by atoms with Crippen LogP contribution < -0.4 is 10.2 Å². The van der Waals surface area contributed by atoms with Crippen molar-refractivity contribution < 1.29 is 32.3 Å². The van der Waals surface area contributed by atoms with Gasteiger partial charge < -0.3 is 15.3 Å². The van der Waals surface area contributed by atoms with Crippen molar-refractivity contribution in [2.75, 3.05) is 11.5 Å². The van der Waals surface area contributed by atoms with Crippen LogP contribution in [0.25, 0.3) is 0 Å². The van der Waals surface area contributed by atoms with Gasteiger partial charge in [-0.1, -0.05) is 6.07 Å². The summed E-state index contributed by atoms with van der Waals surface area (Å²) in [5.41, 5.74) is -0.0655. The van der Waals surface area contributed by atoms with Crippen LogP contribution in [0.3, 0.4) is 0 Å². The number of anilines is 1. The first-order valence-electron chi connectivity index (χ1n) is 10.5. The summed E-state index contributed by atoms with van der Waals surface area (Å²) >= 11 is 1.95. The highest BCUT2D eigenvalue weighted by molar-refractivity contribution is 14.1. The second-order valence-electron chi connectivity index (χ2n) is 8.43. The van der Waals surface area contributed by atoms with Gasteiger partial charge in [0.05, 0.1) is 24.3 Å². The van der Waals surface area contributed by atoms with Crippen molar-refractivity contribution in [3.05, 3.63) is 97.6 Å². The van der Waals surface area contributed by atoms with Gasteiger partial charge in [-0.15, -0.1) is 0 Å². The maximum absolute atomic E-state index is 13.9. The van der Waals surface area contributed by atoms with Crippen molar-refractivity contribution in [2.45, 2.75) is 25.4 Å². The summed E-state index contributed by atoms with van der Waals surface area (Å²) in [5.74, 6) is -4.19. The van der Waals surface area contributed by atoms with Crippen molar-refractivity contribution in [1.29, 1.82) is 0 Å². The lowest BCUT2D eigenvalue weighted by molar-refractivity contribution is -0.124. The first-order valence-corrected chi connectivity index (χ1v) is 11.6. The van der Waals surface area contributed by atoms with E-state index in [4.69, 9.17) is 0 Å². The van der Waals surface area contributed by atoms with Gasteiger partial charge in [-0.05, 0) is 65.4 Å². The number of benzene rings is 3. The molecule has 0 fully saturated rings. The maximum atomic E-state index is 13.9. The molecule has 0 aromatic heterocycles. The number of fused-ring (bicyclic) bond motifs is 1. The number of nitrogens with zero attached hydrogens (tertiary/aromatic N) is 1. The molecule has 4 rings (SSSR count). The highest BCUT2D eigenvalue weighted by Crippen LogP contribution is 2.45. The molecule has 0 aliphatic carbocycles. The number of hydrogen-bond acceptors (Lipinski definition) is 3. The second kappa shape index (κ2) is 9.57. The number of carbonyl (C=O) groups excluding carboxylic acids is 2. The van der Waals surface area contributed by atoms with Crippen LogP contribution in [-0.2, 0) is 23.3 Å². The first-order chi connectivity index (χ1) is 16.5. The van der Waals surface area contributed by atoms with Crippen LogP contribution in [0.5, 0.6) is 0 Å². The van der Waals surface area contributed by atoms with E-state index in [2.05, 4.69) is 5.32 Å². The molecule has 2 amide bonds. The van der Waals surface area contributed by atoms with Gasteiger partial charge in [-0.3, -0.25) is 9.59 Å². The zero-order valence-corrected chi connectivity index (χ0v) is 20.5. The monoisotopic (exact) mass is 598 g/mol. The van der Waals surface area contributed by atoms with Gasteiger partial charge in [0.15, 0.2) is 0 Å². The average Bonchev–Trinajstić information content (AvgIpc) is 3.00. The van der Waals surface area contributed by atoms with Crippen molar-refractivity contribution >= 4 is 40.1 Å². The van der Waals surface area contributed by atoms with Crippen molar-refractivity contribution in [3.8, 4) is 0 Å². The fourth-order valence-electron chi connectivity index (χ4n) is 4.13. The average molecular weight is 598 g/mol. The van der Waals surface area contributed by atoms with Gasteiger partial charge in [0.2, 0.25) is 5.91 Å². The Morgan fingerprint density at radius 3 is 2.34 bits per heavy atom. The zero-order valence-electron chi connectivity index (χ0n) is 18.3. The summed E-state index contributed by atoms with van der Waals surface area (Å²) in [4.78, 5) is 27.4. The molecule has 3 aromatic carbocycles. The summed E-state index contributed by atoms with van der Waals surface area (Å²) in [7, 11) is 0. The van der Waals surface area contributed by atoms with E-state index >= 15 is 0 Å². The third-order valence-electron chi connectivity index (χ3n) is 5.93. The van der Waals surface area contributed by atoms with Gasteiger partial charge in [0, 0.05) is 38.9 Å². The molecule has 0 bridgehead atoms. The Labute approximate surface area is 211 Å². The fourth-order valence-corrected chi connectivity index (χ4v) is 5.33. The molecule has 3 aromatic rings. The van der Waals surface area contributed by atoms with Gasteiger partial charge >= 0.3 is 0 Å². The molecule has 2 N–H and O–H groups in total. The van der Waals surface area contributed by atoms with Crippen LogP contribution in [0.2, 0.25) is 0 Å². The fraction of sp³-hybridized carbons (Fsp3) is 0.200. The predicted octanol–water partition coefficient (Wildman–Crippen LogP) is 4.57. The van der Waals surface area contributed by atoms with Crippen molar-refractivity contribution in [2.24, 2.45) is 0 Å². The van der Waals surface area contributed by atoms with E-state index in [0.717, 1.165) is 24.3 Å². The third-order valence-corrected chi connectivity index (χ3v) is 6.78. The molecule has 35 heavy (non-hydrogen) atoms. The Morgan fingerprint density at radius 2 is 1.71 bits per heavy atom. The minimum Gasteiger partial charge on any atom is -0.395 e. The highest BCUT2D eigenvalue weighted by Gasteiger charge is 2.48. The van der Waals surface area contributed by atoms with E-state index in [9.17, 15) is 32.3 Å². The Morgan fingerprint density at radius 1 is 1.03 bits per heavy atom. The number of carbonyl (C=O) groups is 2. The van der Waals surface area contributed by atoms with E-state index in [1.165, 1.54) is 23.1 Å². The molecule has 0 saturated heterocycles. The number of rotatable bonds is 6. The Balaban J connectivity index is 1.68. The summed E-state index contributed by atoms with van der Waals surface area (Å²) < 4.78 is 55.0. The predicted molar refractivity (Wildman–Crippen MR) is 129 cm³/mol. The van der Waals surface area contributed by atoms with Crippen LogP contribution in [0.4, 0.5) is 23.2 Å². The summed E-state index contributed by atoms with van der Waals surface area (Å²) in [6, 6.07) is 8.92. The van der Waals surface area contributed by atoms with E-state index in [1.54, 1.807) is 6.92 Å². The second-order valence-corrected chi connectivity index (χ2v) is 9.59. The van der Waals surface area contributed by atoms with Crippen LogP contribution in [0.1, 0.15) is 34.0 Å². The highest BCUT2D eigenvalue weighted by atomic mass is 127. The summed E-state index contributed by atoms with van der Waals surface area (Å²) in [6.45, 7) is 0.661. The number of aliphatic hydroxyl groups is 1. The lowest BCUT2D eigenvalue weighted by atomic mass is 9.84. The molecule has 0 radical (unpaired) electrons. The minimum atomic E-state index is -1.32. The van der Waals surface area contributed by atoms with Crippen molar-refractivity contribution in [1.82, 2.24) is 5.32 Å². The number of nitrogens with one attached hydrogen (secondary N) is 1. The van der Waals surface area contributed by atoms with Crippen LogP contribution in [0, 0.1) is 26.8 Å². The molecule has 1 atom stereocenters. The van der Waals surface area contributed by atoms with Crippen molar-refractivity contribution in [3.63, 3.8) is 0 Å². The number of amides is 2. The molecule has 1 heterocycles. The lowest BCUT2D eigenvalue weighted by Gasteiger charge is -2.22. The zero-order chi connectivity index (χ0) is 25.5. The molecule has 1 aliphatic rings. The Bertz CT molecular complexity index is 1330. The van der Waals surface area contributed by atoms with E-state index < -0.39 is 47.1 Å². The summed E-state index contributed by atoms with van der Waals surface area (Å²) in [6.07, 6.45) is 0. The normalized spacial score (nSPS) is 17.0. The molecular weight excluding hydrogens is 579 g/mol. The quantitative estimate of drug-likeness (QED) is 0.323. The van der Waals surface area contributed by atoms with E-state index in [1.807, 2.05) is 22.6 Å². The Hall–Kier alpha value is -2.99. The van der Waals surface area contributed by atoms with Crippen LogP contribution in [0.15, 0.2) is 48.5 Å². The Kier molecular flexibility index (Phi) is 6.87. The molecular formula is C25H19F4IN2O3. The van der Waals surface area contributed by atoms with Gasteiger partial charge in [-0.25, -0.2) is 17.6 Å². The molecule has 0 spiro atoms. The van der Waals surface area contributed by atoms with Crippen LogP contribution >= 0.6 is 22.6 Å². The topological polar surface area (TPSA) is 69.6 Å². The molecule has 1 unspecified atom stereocenters. The first kappa shape index (κ1) is 25.1. The molecule has 10 heteroatoms. The van der Waals surface area contributed by atoms with E-state index in [0.29, 0.717) is 20.9 Å². The van der Waals surface area contributed by atoms with E-state index in [-0.39, 0.29) is 29.8 Å². The number of aliphatic hydroxyl groups excluding tert-OH is 1. The standard InChI is InChI=1S/C25H19F4IN2O3/c1-25(12-33)22-20(30)6-15(23(34)31-10-14-2-3-16(26)9-19(14)29)7-21(22)32(24(25)35)11-13-4-17(27)8-18(28)5-13/h2-9,33H,10-12H2,1H3,(H,31,34). The molecule has 1 aliphatic heterocycles. The smallest absolute Gasteiger partial charge is 0.251 e. The largest absolute Gasteiger partial charge is 0.395 e. The minimum absolute atomic E-state index is 0.0911.